The summed E-state index contributed by atoms with van der Waals surface area (Å²) in [6.07, 6.45) is 1.11. The lowest BCUT2D eigenvalue weighted by molar-refractivity contribution is -0.136. The zero-order valence-electron chi connectivity index (χ0n) is 13.3. The van der Waals surface area contributed by atoms with Crippen LogP contribution in [-0.2, 0) is 22.6 Å². The van der Waals surface area contributed by atoms with Gasteiger partial charge in [-0.05, 0) is 26.8 Å². The second-order valence-electron chi connectivity index (χ2n) is 5.48. The van der Waals surface area contributed by atoms with Gasteiger partial charge in [0, 0.05) is 30.9 Å². The second kappa shape index (κ2) is 7.56. The number of aryl methyl sites for hydroxylation is 1. The van der Waals surface area contributed by atoms with Crippen LogP contribution in [0.1, 0.15) is 30.3 Å². The smallest absolute Gasteiger partial charge is 0.244 e. The van der Waals surface area contributed by atoms with E-state index in [0.29, 0.717) is 32.8 Å². The van der Waals surface area contributed by atoms with E-state index in [2.05, 4.69) is 17.3 Å². The maximum Gasteiger partial charge on any atom is 0.244 e. The molecule has 1 amide bonds. The molecular formula is C15H26N4O2. The van der Waals surface area contributed by atoms with Gasteiger partial charge in [-0.3, -0.25) is 9.48 Å². The normalized spacial score (nSPS) is 15.5. The number of carbonyl (C=O) groups excluding carboxylic acids is 1. The minimum Gasteiger partial charge on any atom is -0.378 e. The minimum absolute atomic E-state index is 0.122. The van der Waals surface area contributed by atoms with Crippen LogP contribution in [-0.4, -0.2) is 53.4 Å². The lowest BCUT2D eigenvalue weighted by Gasteiger charge is -2.26. The molecular weight excluding hydrogens is 268 g/mol. The predicted octanol–water partition coefficient (Wildman–Crippen LogP) is 0.858. The number of nitrogens with zero attached hydrogens (tertiary/aromatic N) is 3. The van der Waals surface area contributed by atoms with Gasteiger partial charge in [-0.15, -0.1) is 0 Å². The fraction of sp³-hybridized carbons (Fsp3) is 0.733. The van der Waals surface area contributed by atoms with Crippen LogP contribution in [0.5, 0.6) is 0 Å². The minimum atomic E-state index is 0.122. The van der Waals surface area contributed by atoms with Gasteiger partial charge in [0.25, 0.3) is 0 Å². The van der Waals surface area contributed by atoms with Crippen molar-refractivity contribution in [3.8, 4) is 0 Å². The van der Waals surface area contributed by atoms with E-state index in [1.54, 1.807) is 0 Å². The highest BCUT2D eigenvalue weighted by Crippen LogP contribution is 2.13. The van der Waals surface area contributed by atoms with E-state index in [9.17, 15) is 4.79 Å². The zero-order valence-corrected chi connectivity index (χ0v) is 13.3. The van der Waals surface area contributed by atoms with Crippen LogP contribution < -0.4 is 5.32 Å². The van der Waals surface area contributed by atoms with Crippen molar-refractivity contribution in [1.82, 2.24) is 20.0 Å². The van der Waals surface area contributed by atoms with Crippen molar-refractivity contribution in [2.24, 2.45) is 0 Å². The highest BCUT2D eigenvalue weighted by molar-refractivity contribution is 5.76. The van der Waals surface area contributed by atoms with E-state index >= 15 is 0 Å². The second-order valence-corrected chi connectivity index (χ2v) is 5.48. The highest BCUT2D eigenvalue weighted by Gasteiger charge is 2.19. The third-order valence-electron chi connectivity index (χ3n) is 3.91. The number of morpholine rings is 1. The molecule has 0 aromatic carbocycles. The monoisotopic (exact) mass is 294 g/mol. The van der Waals surface area contributed by atoms with Gasteiger partial charge in [0.1, 0.15) is 6.54 Å². The maximum atomic E-state index is 12.3. The molecule has 0 bridgehead atoms. The summed E-state index contributed by atoms with van der Waals surface area (Å²) < 4.78 is 7.11. The van der Waals surface area contributed by atoms with E-state index in [1.165, 1.54) is 5.56 Å². The predicted molar refractivity (Wildman–Crippen MR) is 81.1 cm³/mol. The Hall–Kier alpha value is -1.40. The standard InChI is InChI=1S/C15H26N4O2/c1-4-5-16-10-14-12(2)17-19(13(14)3)11-15(20)18-6-8-21-9-7-18/h16H,4-11H2,1-3H3. The van der Waals surface area contributed by atoms with Crippen molar-refractivity contribution in [1.29, 1.82) is 0 Å². The number of rotatable bonds is 6. The van der Waals surface area contributed by atoms with Gasteiger partial charge >= 0.3 is 0 Å². The number of carbonyl (C=O) groups is 1. The van der Waals surface area contributed by atoms with E-state index in [1.807, 2.05) is 23.4 Å². The number of aromatic nitrogens is 2. The Morgan fingerprint density at radius 3 is 2.71 bits per heavy atom. The van der Waals surface area contributed by atoms with Gasteiger partial charge < -0.3 is 15.0 Å². The average Bonchev–Trinajstić information content (AvgIpc) is 2.75. The number of hydrogen-bond donors (Lipinski definition) is 1. The molecule has 0 radical (unpaired) electrons. The topological polar surface area (TPSA) is 59.4 Å². The largest absolute Gasteiger partial charge is 0.378 e. The lowest BCUT2D eigenvalue weighted by atomic mass is 10.2. The highest BCUT2D eigenvalue weighted by atomic mass is 16.5. The summed E-state index contributed by atoms with van der Waals surface area (Å²) in [7, 11) is 0. The van der Waals surface area contributed by atoms with E-state index < -0.39 is 0 Å². The van der Waals surface area contributed by atoms with Gasteiger partial charge in [-0.1, -0.05) is 6.92 Å². The van der Waals surface area contributed by atoms with E-state index in [4.69, 9.17) is 4.74 Å². The quantitative estimate of drug-likeness (QED) is 0.791. The third kappa shape index (κ3) is 4.04. The number of nitrogens with one attached hydrogen (secondary N) is 1. The lowest BCUT2D eigenvalue weighted by Crippen LogP contribution is -2.42. The molecule has 0 saturated carbocycles. The molecule has 1 N–H and O–H groups in total. The van der Waals surface area contributed by atoms with Crippen molar-refractivity contribution in [3.05, 3.63) is 17.0 Å². The number of hydrogen-bond acceptors (Lipinski definition) is 4. The molecule has 21 heavy (non-hydrogen) atoms. The Morgan fingerprint density at radius 2 is 2.05 bits per heavy atom. The van der Waals surface area contributed by atoms with Gasteiger partial charge in [-0.2, -0.15) is 5.10 Å². The average molecular weight is 294 g/mol. The number of amides is 1. The maximum absolute atomic E-state index is 12.3. The van der Waals surface area contributed by atoms with Crippen molar-refractivity contribution >= 4 is 5.91 Å². The molecule has 0 atom stereocenters. The third-order valence-corrected chi connectivity index (χ3v) is 3.91. The first kappa shape index (κ1) is 16.0. The molecule has 1 aliphatic heterocycles. The fourth-order valence-corrected chi connectivity index (χ4v) is 2.57. The van der Waals surface area contributed by atoms with Crippen LogP contribution in [0, 0.1) is 13.8 Å². The molecule has 2 heterocycles. The molecule has 1 aromatic heterocycles. The summed E-state index contributed by atoms with van der Waals surface area (Å²) in [6, 6.07) is 0. The van der Waals surface area contributed by atoms with Crippen molar-refractivity contribution in [2.45, 2.75) is 40.3 Å². The molecule has 1 aromatic rings. The van der Waals surface area contributed by atoms with Crippen molar-refractivity contribution < 1.29 is 9.53 Å². The molecule has 2 rings (SSSR count). The van der Waals surface area contributed by atoms with Crippen LogP contribution in [0.4, 0.5) is 0 Å². The summed E-state index contributed by atoms with van der Waals surface area (Å²) in [5.74, 6) is 0.122. The molecule has 0 aliphatic carbocycles. The Labute approximate surface area is 126 Å². The first-order valence-corrected chi connectivity index (χ1v) is 7.72. The van der Waals surface area contributed by atoms with Gasteiger partial charge in [0.05, 0.1) is 18.9 Å². The Morgan fingerprint density at radius 1 is 1.33 bits per heavy atom. The van der Waals surface area contributed by atoms with Crippen LogP contribution in [0.15, 0.2) is 0 Å². The van der Waals surface area contributed by atoms with Crippen LogP contribution in [0.2, 0.25) is 0 Å². The molecule has 118 valence electrons. The summed E-state index contributed by atoms with van der Waals surface area (Å²) >= 11 is 0. The molecule has 1 fully saturated rings. The first-order chi connectivity index (χ1) is 10.1. The SMILES string of the molecule is CCCNCc1c(C)nn(CC(=O)N2CCOCC2)c1C. The summed E-state index contributed by atoms with van der Waals surface area (Å²) in [5.41, 5.74) is 3.29. The van der Waals surface area contributed by atoms with Crippen molar-refractivity contribution in [3.63, 3.8) is 0 Å². The first-order valence-electron chi connectivity index (χ1n) is 7.72. The molecule has 1 aliphatic rings. The summed E-state index contributed by atoms with van der Waals surface area (Å²) in [5, 5.41) is 7.92. The van der Waals surface area contributed by atoms with Crippen LogP contribution in [0.25, 0.3) is 0 Å². The van der Waals surface area contributed by atoms with Gasteiger partial charge in [-0.25, -0.2) is 0 Å². The Bertz CT molecular complexity index is 478. The zero-order chi connectivity index (χ0) is 15.2. The fourth-order valence-electron chi connectivity index (χ4n) is 2.57. The number of ether oxygens (including phenoxy) is 1. The van der Waals surface area contributed by atoms with Gasteiger partial charge in [0.2, 0.25) is 5.91 Å². The summed E-state index contributed by atoms with van der Waals surface area (Å²) in [6.45, 7) is 11.0. The van der Waals surface area contributed by atoms with E-state index in [0.717, 1.165) is 30.9 Å². The van der Waals surface area contributed by atoms with Crippen LogP contribution >= 0.6 is 0 Å². The molecule has 6 nitrogen and oxygen atoms in total. The summed E-state index contributed by atoms with van der Waals surface area (Å²) in [4.78, 5) is 14.2. The molecule has 1 saturated heterocycles. The van der Waals surface area contributed by atoms with E-state index in [-0.39, 0.29) is 5.91 Å². The van der Waals surface area contributed by atoms with Crippen LogP contribution in [0.3, 0.4) is 0 Å². The Balaban J connectivity index is 1.99. The Kier molecular flexibility index (Phi) is 5.76. The molecule has 6 heteroatoms. The van der Waals surface area contributed by atoms with Crippen molar-refractivity contribution in [2.75, 3.05) is 32.8 Å². The molecule has 0 unspecified atom stereocenters. The molecule has 0 spiro atoms. The van der Waals surface area contributed by atoms with Gasteiger partial charge in [0.15, 0.2) is 0 Å².